The van der Waals surface area contributed by atoms with Crippen molar-refractivity contribution in [2.24, 2.45) is 5.73 Å². The summed E-state index contributed by atoms with van der Waals surface area (Å²) in [7, 11) is 0. The lowest BCUT2D eigenvalue weighted by molar-refractivity contribution is 0.236. The molecule has 90 valence electrons. The Morgan fingerprint density at radius 3 is 2.53 bits per heavy atom. The molecule has 3 heteroatoms. The summed E-state index contributed by atoms with van der Waals surface area (Å²) in [5.41, 5.74) is 5.66. The minimum atomic E-state index is -0.171. The molecule has 0 spiro atoms. The van der Waals surface area contributed by atoms with Gasteiger partial charge in [0.05, 0.1) is 18.8 Å². The maximum atomic E-state index is 8.83. The van der Waals surface area contributed by atoms with Crippen LogP contribution in [0.2, 0.25) is 0 Å². The Kier molecular flexibility index (Phi) is 6.22. The molecule has 0 amide bonds. The van der Waals surface area contributed by atoms with Crippen LogP contribution >= 0.6 is 0 Å². The lowest BCUT2D eigenvalue weighted by atomic mass is 10.1. The van der Waals surface area contributed by atoms with Crippen molar-refractivity contribution in [1.29, 1.82) is 0 Å². The monoisotopic (exact) mass is 215 g/mol. The van der Waals surface area contributed by atoms with Crippen LogP contribution < -0.4 is 5.73 Å². The molecule has 0 aromatic rings. The molecule has 1 rings (SSSR count). The number of hydrogen-bond acceptors (Lipinski definition) is 3. The van der Waals surface area contributed by atoms with Crippen molar-refractivity contribution in [3.63, 3.8) is 0 Å². The number of hydrogen-bond donors (Lipinski definition) is 2. The largest absolute Gasteiger partial charge is 0.395 e. The molecule has 3 nitrogen and oxygen atoms in total. The predicted molar refractivity (Wildman–Crippen MR) is 61.7 cm³/mol. The minimum Gasteiger partial charge on any atom is -0.395 e. The number of aliphatic hydroxyl groups excluding tert-OH is 1. The van der Waals surface area contributed by atoms with E-state index in [1.165, 1.54) is 38.5 Å². The number of rotatable bonds is 9. The fraction of sp³-hybridized carbons (Fsp3) is 1.00. The highest BCUT2D eigenvalue weighted by atomic mass is 16.6. The first-order chi connectivity index (χ1) is 7.29. The highest BCUT2D eigenvalue weighted by Gasteiger charge is 2.42. The minimum absolute atomic E-state index is 0.0394. The van der Waals surface area contributed by atoms with Crippen LogP contribution in [-0.2, 0) is 4.74 Å². The molecule has 0 saturated carbocycles. The first kappa shape index (κ1) is 12.9. The summed E-state index contributed by atoms with van der Waals surface area (Å²) in [6.07, 6.45) is 9.49. The molecular formula is C12H25NO2. The molecule has 1 heterocycles. The van der Waals surface area contributed by atoms with Gasteiger partial charge in [0, 0.05) is 0 Å². The lowest BCUT2D eigenvalue weighted by Crippen LogP contribution is -2.31. The van der Waals surface area contributed by atoms with Gasteiger partial charge in [0.2, 0.25) is 0 Å². The molecule has 0 aliphatic carbocycles. The van der Waals surface area contributed by atoms with E-state index in [-0.39, 0.29) is 18.8 Å². The topological polar surface area (TPSA) is 58.8 Å². The quantitative estimate of drug-likeness (QED) is 0.455. The molecule has 15 heavy (non-hydrogen) atoms. The van der Waals surface area contributed by atoms with E-state index in [4.69, 9.17) is 15.6 Å². The molecular weight excluding hydrogens is 190 g/mol. The van der Waals surface area contributed by atoms with E-state index in [1.807, 2.05) is 0 Å². The maximum absolute atomic E-state index is 8.83. The summed E-state index contributed by atoms with van der Waals surface area (Å²) in [6.45, 7) is 2.27. The highest BCUT2D eigenvalue weighted by Crippen LogP contribution is 2.29. The maximum Gasteiger partial charge on any atom is 0.101 e. The van der Waals surface area contributed by atoms with E-state index < -0.39 is 0 Å². The van der Waals surface area contributed by atoms with Gasteiger partial charge in [0.1, 0.15) is 6.10 Å². The van der Waals surface area contributed by atoms with Crippen LogP contribution in [0.1, 0.15) is 51.9 Å². The second-order valence-electron chi connectivity index (χ2n) is 4.54. The summed E-state index contributed by atoms with van der Waals surface area (Å²) in [6, 6.07) is -0.171. The van der Waals surface area contributed by atoms with Gasteiger partial charge in [0.15, 0.2) is 0 Å². The van der Waals surface area contributed by atoms with E-state index >= 15 is 0 Å². The SMILES string of the molecule is CCCCCCCC[C@H]1O[C@H]1[C@@H](N)CO. The van der Waals surface area contributed by atoms with Crippen LogP contribution in [0.15, 0.2) is 0 Å². The summed E-state index contributed by atoms with van der Waals surface area (Å²) < 4.78 is 5.41. The van der Waals surface area contributed by atoms with Crippen LogP contribution in [-0.4, -0.2) is 30.0 Å². The Morgan fingerprint density at radius 2 is 1.87 bits per heavy atom. The molecule has 1 fully saturated rings. The first-order valence-electron chi connectivity index (χ1n) is 6.31. The van der Waals surface area contributed by atoms with Gasteiger partial charge < -0.3 is 15.6 Å². The Bertz CT molecular complexity index is 164. The summed E-state index contributed by atoms with van der Waals surface area (Å²) in [4.78, 5) is 0. The van der Waals surface area contributed by atoms with Crippen molar-refractivity contribution in [2.75, 3.05) is 6.61 Å². The molecule has 0 radical (unpaired) electrons. The molecule has 1 aliphatic rings. The van der Waals surface area contributed by atoms with Gasteiger partial charge >= 0.3 is 0 Å². The molecule has 0 unspecified atom stereocenters. The molecule has 0 aromatic heterocycles. The van der Waals surface area contributed by atoms with Gasteiger partial charge in [-0.3, -0.25) is 0 Å². The van der Waals surface area contributed by atoms with Crippen molar-refractivity contribution in [1.82, 2.24) is 0 Å². The van der Waals surface area contributed by atoms with Crippen LogP contribution in [0.5, 0.6) is 0 Å². The van der Waals surface area contributed by atoms with E-state index in [1.54, 1.807) is 0 Å². The third kappa shape index (κ3) is 4.96. The highest BCUT2D eigenvalue weighted by molar-refractivity contribution is 4.92. The molecule has 1 saturated heterocycles. The lowest BCUT2D eigenvalue weighted by Gasteiger charge is -2.02. The van der Waals surface area contributed by atoms with Gasteiger partial charge in [-0.15, -0.1) is 0 Å². The average molecular weight is 215 g/mol. The Balaban J connectivity index is 1.86. The van der Waals surface area contributed by atoms with Gasteiger partial charge in [-0.05, 0) is 6.42 Å². The fourth-order valence-electron chi connectivity index (χ4n) is 2.00. The third-order valence-electron chi connectivity index (χ3n) is 3.10. The Labute approximate surface area is 93.0 Å². The van der Waals surface area contributed by atoms with Crippen molar-refractivity contribution in [3.8, 4) is 0 Å². The van der Waals surface area contributed by atoms with Gasteiger partial charge in [-0.1, -0.05) is 45.4 Å². The number of epoxide rings is 1. The van der Waals surface area contributed by atoms with E-state index in [0.29, 0.717) is 6.10 Å². The Morgan fingerprint density at radius 1 is 1.20 bits per heavy atom. The molecule has 0 aromatic carbocycles. The van der Waals surface area contributed by atoms with Crippen molar-refractivity contribution in [2.45, 2.75) is 70.1 Å². The van der Waals surface area contributed by atoms with Gasteiger partial charge in [0.25, 0.3) is 0 Å². The molecule has 0 bridgehead atoms. The number of unbranched alkanes of at least 4 members (excludes halogenated alkanes) is 5. The third-order valence-corrected chi connectivity index (χ3v) is 3.10. The summed E-state index contributed by atoms with van der Waals surface area (Å²) in [5, 5.41) is 8.83. The van der Waals surface area contributed by atoms with Crippen molar-refractivity contribution < 1.29 is 9.84 Å². The number of ether oxygens (including phenoxy) is 1. The van der Waals surface area contributed by atoms with Crippen LogP contribution in [0.3, 0.4) is 0 Å². The van der Waals surface area contributed by atoms with Crippen molar-refractivity contribution >= 4 is 0 Å². The normalized spacial score (nSPS) is 26.6. The zero-order valence-corrected chi connectivity index (χ0v) is 9.82. The zero-order valence-electron chi connectivity index (χ0n) is 9.82. The molecule has 1 aliphatic heterocycles. The van der Waals surface area contributed by atoms with Gasteiger partial charge in [-0.2, -0.15) is 0 Å². The van der Waals surface area contributed by atoms with Crippen LogP contribution in [0, 0.1) is 0 Å². The summed E-state index contributed by atoms with van der Waals surface area (Å²) in [5.74, 6) is 0. The van der Waals surface area contributed by atoms with E-state index in [2.05, 4.69) is 6.92 Å². The predicted octanol–water partition coefficient (Wildman–Crippen LogP) is 1.82. The first-order valence-corrected chi connectivity index (χ1v) is 6.31. The second-order valence-corrected chi connectivity index (χ2v) is 4.54. The molecule has 3 N–H and O–H groups in total. The average Bonchev–Trinajstić information content (AvgIpc) is 3.01. The smallest absolute Gasteiger partial charge is 0.101 e. The number of aliphatic hydroxyl groups is 1. The van der Waals surface area contributed by atoms with Crippen molar-refractivity contribution in [3.05, 3.63) is 0 Å². The fourth-order valence-corrected chi connectivity index (χ4v) is 2.00. The Hall–Kier alpha value is -0.120. The van der Waals surface area contributed by atoms with Crippen LogP contribution in [0.4, 0.5) is 0 Å². The number of nitrogens with two attached hydrogens (primary N) is 1. The van der Waals surface area contributed by atoms with E-state index in [0.717, 1.165) is 6.42 Å². The standard InChI is InChI=1S/C12H25NO2/c1-2-3-4-5-6-7-8-11-12(15-11)10(13)9-14/h10-12,14H,2-9,13H2,1H3/t10-,11+,12-/m0/s1. The molecule has 3 atom stereocenters. The second kappa shape index (κ2) is 7.20. The van der Waals surface area contributed by atoms with E-state index in [9.17, 15) is 0 Å². The van der Waals surface area contributed by atoms with Crippen LogP contribution in [0.25, 0.3) is 0 Å². The van der Waals surface area contributed by atoms with Gasteiger partial charge in [-0.25, -0.2) is 0 Å². The summed E-state index contributed by atoms with van der Waals surface area (Å²) >= 11 is 0. The zero-order chi connectivity index (χ0) is 11.1.